The third-order valence-corrected chi connectivity index (χ3v) is 4.72. The summed E-state index contributed by atoms with van der Waals surface area (Å²) in [6.45, 7) is 6.31. The van der Waals surface area contributed by atoms with Crippen LogP contribution in [0, 0.1) is 6.92 Å². The minimum absolute atomic E-state index is 0.417. The van der Waals surface area contributed by atoms with E-state index in [1.807, 2.05) is 25.1 Å². The zero-order valence-electron chi connectivity index (χ0n) is 11.6. The minimum atomic E-state index is 0.417. The van der Waals surface area contributed by atoms with Crippen molar-refractivity contribution in [3.63, 3.8) is 0 Å². The molecule has 0 unspecified atom stereocenters. The van der Waals surface area contributed by atoms with E-state index >= 15 is 0 Å². The molecule has 5 heteroatoms. The SMILES string of the molecule is Cc1cc(-c2nc3scc(C(C)C)n3c2N)ccc1Cl. The summed E-state index contributed by atoms with van der Waals surface area (Å²) in [4.78, 5) is 5.61. The van der Waals surface area contributed by atoms with Crippen LogP contribution in [-0.4, -0.2) is 9.38 Å². The van der Waals surface area contributed by atoms with E-state index in [0.29, 0.717) is 11.7 Å². The van der Waals surface area contributed by atoms with Crippen molar-refractivity contribution in [2.45, 2.75) is 26.7 Å². The average Bonchev–Trinajstić information content (AvgIpc) is 2.94. The van der Waals surface area contributed by atoms with Gasteiger partial charge in [-0.25, -0.2) is 4.98 Å². The first-order valence-electron chi connectivity index (χ1n) is 6.51. The third-order valence-electron chi connectivity index (χ3n) is 3.45. The second kappa shape index (κ2) is 4.79. The van der Waals surface area contributed by atoms with Gasteiger partial charge in [0.15, 0.2) is 4.96 Å². The molecule has 20 heavy (non-hydrogen) atoms. The molecule has 0 aliphatic rings. The second-order valence-electron chi connectivity index (χ2n) is 5.24. The molecule has 0 atom stereocenters. The Morgan fingerprint density at radius 3 is 2.75 bits per heavy atom. The standard InChI is InChI=1S/C15H16ClN3S/c1-8(2)12-7-20-15-18-13(14(17)19(12)15)10-4-5-11(16)9(3)6-10/h4-8H,17H2,1-3H3. The van der Waals surface area contributed by atoms with Crippen LogP contribution in [0.4, 0.5) is 5.82 Å². The number of benzene rings is 1. The Labute approximate surface area is 127 Å². The molecule has 2 aromatic heterocycles. The average molecular weight is 306 g/mol. The van der Waals surface area contributed by atoms with Gasteiger partial charge in [-0.15, -0.1) is 11.3 Å². The number of nitrogen functional groups attached to an aromatic ring is 1. The number of fused-ring (bicyclic) bond motifs is 1. The minimum Gasteiger partial charge on any atom is -0.383 e. The molecular weight excluding hydrogens is 290 g/mol. The summed E-state index contributed by atoms with van der Waals surface area (Å²) in [6, 6.07) is 5.88. The van der Waals surface area contributed by atoms with Gasteiger partial charge >= 0.3 is 0 Å². The quantitative estimate of drug-likeness (QED) is 0.743. The first-order valence-corrected chi connectivity index (χ1v) is 7.76. The summed E-state index contributed by atoms with van der Waals surface area (Å²) < 4.78 is 2.05. The smallest absolute Gasteiger partial charge is 0.196 e. The number of nitrogens with two attached hydrogens (primary N) is 1. The number of rotatable bonds is 2. The van der Waals surface area contributed by atoms with E-state index < -0.39 is 0 Å². The van der Waals surface area contributed by atoms with Crippen molar-refractivity contribution in [3.05, 3.63) is 39.9 Å². The van der Waals surface area contributed by atoms with E-state index in [4.69, 9.17) is 17.3 Å². The van der Waals surface area contributed by atoms with Gasteiger partial charge in [-0.3, -0.25) is 4.40 Å². The van der Waals surface area contributed by atoms with E-state index in [-0.39, 0.29) is 0 Å². The van der Waals surface area contributed by atoms with E-state index in [2.05, 4.69) is 28.6 Å². The van der Waals surface area contributed by atoms with Gasteiger partial charge in [-0.05, 0) is 30.5 Å². The van der Waals surface area contributed by atoms with Gasteiger partial charge in [0.2, 0.25) is 0 Å². The van der Waals surface area contributed by atoms with Crippen LogP contribution in [0.25, 0.3) is 16.2 Å². The fourth-order valence-corrected chi connectivity index (χ4v) is 3.48. The molecule has 0 radical (unpaired) electrons. The van der Waals surface area contributed by atoms with Crippen LogP contribution in [0.5, 0.6) is 0 Å². The van der Waals surface area contributed by atoms with Crippen molar-refractivity contribution in [2.24, 2.45) is 0 Å². The molecule has 3 rings (SSSR count). The second-order valence-corrected chi connectivity index (χ2v) is 6.49. The van der Waals surface area contributed by atoms with Crippen molar-refractivity contribution < 1.29 is 0 Å². The van der Waals surface area contributed by atoms with Crippen molar-refractivity contribution >= 4 is 33.7 Å². The zero-order chi connectivity index (χ0) is 14.4. The maximum atomic E-state index is 6.32. The summed E-state index contributed by atoms with van der Waals surface area (Å²) in [6.07, 6.45) is 0. The number of hydrogen-bond donors (Lipinski definition) is 1. The Hall–Kier alpha value is -1.52. The molecule has 0 saturated heterocycles. The van der Waals surface area contributed by atoms with Gasteiger partial charge in [-0.1, -0.05) is 31.5 Å². The molecule has 0 aliphatic carbocycles. The van der Waals surface area contributed by atoms with E-state index in [1.54, 1.807) is 11.3 Å². The maximum absolute atomic E-state index is 6.32. The normalized spacial score (nSPS) is 11.7. The van der Waals surface area contributed by atoms with Gasteiger partial charge < -0.3 is 5.73 Å². The molecule has 0 aliphatic heterocycles. The Balaban J connectivity index is 2.22. The van der Waals surface area contributed by atoms with Crippen molar-refractivity contribution in [2.75, 3.05) is 5.73 Å². The highest BCUT2D eigenvalue weighted by Crippen LogP contribution is 2.33. The number of aromatic nitrogens is 2. The summed E-state index contributed by atoms with van der Waals surface area (Å²) in [7, 11) is 0. The van der Waals surface area contributed by atoms with E-state index in [1.165, 1.54) is 5.69 Å². The largest absolute Gasteiger partial charge is 0.383 e. The number of nitrogens with zero attached hydrogens (tertiary/aromatic N) is 2. The molecule has 3 nitrogen and oxygen atoms in total. The van der Waals surface area contributed by atoms with Crippen LogP contribution in [0.2, 0.25) is 5.02 Å². The lowest BCUT2D eigenvalue weighted by atomic mass is 10.1. The molecule has 0 fully saturated rings. The Kier molecular flexibility index (Phi) is 3.22. The molecule has 2 heterocycles. The highest BCUT2D eigenvalue weighted by molar-refractivity contribution is 7.15. The highest BCUT2D eigenvalue weighted by Gasteiger charge is 2.17. The fourth-order valence-electron chi connectivity index (χ4n) is 2.30. The van der Waals surface area contributed by atoms with E-state index in [9.17, 15) is 0 Å². The number of thiazole rings is 1. The Bertz CT molecular complexity index is 786. The fraction of sp³-hybridized carbons (Fsp3) is 0.267. The van der Waals surface area contributed by atoms with Gasteiger partial charge in [0, 0.05) is 21.7 Å². The molecule has 0 bridgehead atoms. The van der Waals surface area contributed by atoms with Crippen LogP contribution in [0.3, 0.4) is 0 Å². The van der Waals surface area contributed by atoms with Crippen LogP contribution in [0.1, 0.15) is 31.0 Å². The van der Waals surface area contributed by atoms with Crippen molar-refractivity contribution in [1.82, 2.24) is 9.38 Å². The lowest BCUT2D eigenvalue weighted by Gasteiger charge is -2.06. The van der Waals surface area contributed by atoms with Crippen LogP contribution < -0.4 is 5.73 Å². The Morgan fingerprint density at radius 1 is 1.35 bits per heavy atom. The Morgan fingerprint density at radius 2 is 2.10 bits per heavy atom. The van der Waals surface area contributed by atoms with Crippen LogP contribution >= 0.6 is 22.9 Å². The molecule has 1 aromatic carbocycles. The lowest BCUT2D eigenvalue weighted by molar-refractivity contribution is 0.814. The molecule has 0 amide bonds. The molecule has 0 saturated carbocycles. The molecule has 2 N–H and O–H groups in total. The third kappa shape index (κ3) is 2.00. The van der Waals surface area contributed by atoms with Gasteiger partial charge in [0.05, 0.1) is 0 Å². The van der Waals surface area contributed by atoms with Gasteiger partial charge in [-0.2, -0.15) is 0 Å². The first-order chi connectivity index (χ1) is 9.49. The molecule has 104 valence electrons. The summed E-state index contributed by atoms with van der Waals surface area (Å²) >= 11 is 7.70. The first kappa shape index (κ1) is 13.5. The van der Waals surface area contributed by atoms with Gasteiger partial charge in [0.25, 0.3) is 0 Å². The lowest BCUT2D eigenvalue weighted by Crippen LogP contribution is -1.99. The zero-order valence-corrected chi connectivity index (χ0v) is 13.2. The summed E-state index contributed by atoms with van der Waals surface area (Å²) in [5.41, 5.74) is 10.4. The predicted molar refractivity (Wildman–Crippen MR) is 86.8 cm³/mol. The number of anilines is 1. The van der Waals surface area contributed by atoms with Gasteiger partial charge in [0.1, 0.15) is 11.5 Å². The number of aryl methyl sites for hydroxylation is 1. The number of halogens is 1. The van der Waals surface area contributed by atoms with Crippen molar-refractivity contribution in [1.29, 1.82) is 0 Å². The van der Waals surface area contributed by atoms with Crippen LogP contribution in [0.15, 0.2) is 23.6 Å². The molecular formula is C15H16ClN3S. The number of hydrogen-bond acceptors (Lipinski definition) is 3. The van der Waals surface area contributed by atoms with E-state index in [0.717, 1.165) is 26.8 Å². The van der Waals surface area contributed by atoms with Crippen molar-refractivity contribution in [3.8, 4) is 11.3 Å². The maximum Gasteiger partial charge on any atom is 0.196 e. The van der Waals surface area contributed by atoms with Crippen LogP contribution in [-0.2, 0) is 0 Å². The molecule has 3 aromatic rings. The summed E-state index contributed by atoms with van der Waals surface area (Å²) in [5.74, 6) is 1.12. The molecule has 0 spiro atoms. The summed E-state index contributed by atoms with van der Waals surface area (Å²) in [5, 5.41) is 2.89. The topological polar surface area (TPSA) is 43.3 Å². The monoisotopic (exact) mass is 305 g/mol. The highest BCUT2D eigenvalue weighted by atomic mass is 35.5. The predicted octanol–water partition coefficient (Wildman–Crippen LogP) is 4.73. The number of imidazole rings is 1.